The first-order valence-electron chi connectivity index (χ1n) is 9.63. The molecule has 0 bridgehead atoms. The van der Waals surface area contributed by atoms with E-state index < -0.39 is 5.54 Å². The fraction of sp³-hybridized carbons (Fsp3) is 0.391. The zero-order valence-electron chi connectivity index (χ0n) is 16.2. The highest BCUT2D eigenvalue weighted by molar-refractivity contribution is 6.07. The Morgan fingerprint density at radius 3 is 2.44 bits per heavy atom. The van der Waals surface area contributed by atoms with Crippen LogP contribution < -0.4 is 5.32 Å². The van der Waals surface area contributed by atoms with Gasteiger partial charge in [0.05, 0.1) is 6.54 Å². The zero-order chi connectivity index (χ0) is 19.2. The Hall–Kier alpha value is -2.62. The molecular formula is C23H26N2O2. The third-order valence-electron chi connectivity index (χ3n) is 5.81. The first-order valence-corrected chi connectivity index (χ1v) is 9.63. The van der Waals surface area contributed by atoms with Crippen LogP contribution in [0.1, 0.15) is 55.9 Å². The van der Waals surface area contributed by atoms with Crippen molar-refractivity contribution in [3.63, 3.8) is 0 Å². The molecule has 1 spiro atoms. The van der Waals surface area contributed by atoms with Gasteiger partial charge in [-0.1, -0.05) is 69.3 Å². The van der Waals surface area contributed by atoms with Crippen LogP contribution >= 0.6 is 0 Å². The lowest BCUT2D eigenvalue weighted by Gasteiger charge is -2.33. The number of carbonyl (C=O) groups is 2. The van der Waals surface area contributed by atoms with Crippen molar-refractivity contribution in [2.75, 3.05) is 0 Å². The molecule has 27 heavy (non-hydrogen) atoms. The molecule has 1 heterocycles. The van der Waals surface area contributed by atoms with Gasteiger partial charge in [-0.3, -0.25) is 9.69 Å². The minimum atomic E-state index is -0.892. The number of rotatable bonds is 2. The van der Waals surface area contributed by atoms with Crippen LogP contribution in [0.2, 0.25) is 0 Å². The molecule has 1 aliphatic carbocycles. The van der Waals surface area contributed by atoms with E-state index in [4.69, 9.17) is 0 Å². The second kappa shape index (κ2) is 6.22. The molecule has 2 aliphatic rings. The molecular weight excluding hydrogens is 336 g/mol. The van der Waals surface area contributed by atoms with Crippen molar-refractivity contribution in [2.45, 2.75) is 57.5 Å². The van der Waals surface area contributed by atoms with Crippen LogP contribution in [0, 0.1) is 0 Å². The standard InChI is InChI=1S/C23H26N2O2/c1-22(2,3)18-12-10-16(11-13-18)15-25-20(26)23(24-21(25)27)14-6-8-17-7-4-5-9-19(17)23/h4-5,7,9-13H,6,8,14-15H2,1-3H3,(H,24,27). The molecule has 2 aromatic rings. The van der Waals surface area contributed by atoms with Crippen LogP contribution in [0.3, 0.4) is 0 Å². The summed E-state index contributed by atoms with van der Waals surface area (Å²) in [5.74, 6) is -0.125. The maximum Gasteiger partial charge on any atom is 0.325 e. The fourth-order valence-corrected chi connectivity index (χ4v) is 4.25. The van der Waals surface area contributed by atoms with Gasteiger partial charge in [0, 0.05) is 0 Å². The first kappa shape index (κ1) is 17.8. The molecule has 1 unspecified atom stereocenters. The largest absolute Gasteiger partial charge is 0.325 e. The molecule has 1 N–H and O–H groups in total. The van der Waals surface area contributed by atoms with Gasteiger partial charge >= 0.3 is 6.03 Å². The van der Waals surface area contributed by atoms with Gasteiger partial charge in [0.25, 0.3) is 5.91 Å². The lowest BCUT2D eigenvalue weighted by Crippen LogP contribution is -2.46. The number of urea groups is 1. The van der Waals surface area contributed by atoms with E-state index in [0.29, 0.717) is 13.0 Å². The molecule has 0 aromatic heterocycles. The first-order chi connectivity index (χ1) is 12.8. The number of fused-ring (bicyclic) bond motifs is 2. The number of nitrogens with zero attached hydrogens (tertiary/aromatic N) is 1. The van der Waals surface area contributed by atoms with Gasteiger partial charge < -0.3 is 5.32 Å². The van der Waals surface area contributed by atoms with Crippen molar-refractivity contribution in [1.29, 1.82) is 0 Å². The predicted molar refractivity (Wildman–Crippen MR) is 105 cm³/mol. The van der Waals surface area contributed by atoms with Gasteiger partial charge in [0.1, 0.15) is 5.54 Å². The Morgan fingerprint density at radius 1 is 1.04 bits per heavy atom. The Balaban J connectivity index is 1.61. The second-order valence-corrected chi connectivity index (χ2v) is 8.68. The summed E-state index contributed by atoms with van der Waals surface area (Å²) in [4.78, 5) is 27.4. The minimum Gasteiger partial charge on any atom is -0.319 e. The predicted octanol–water partition coefficient (Wildman–Crippen LogP) is 4.27. The summed E-state index contributed by atoms with van der Waals surface area (Å²) < 4.78 is 0. The van der Waals surface area contributed by atoms with Crippen LogP contribution in [-0.4, -0.2) is 16.8 Å². The average Bonchev–Trinajstić information content (AvgIpc) is 2.87. The van der Waals surface area contributed by atoms with E-state index in [1.807, 2.05) is 30.3 Å². The highest BCUT2D eigenvalue weighted by Crippen LogP contribution is 2.40. The highest BCUT2D eigenvalue weighted by atomic mass is 16.2. The van der Waals surface area contributed by atoms with E-state index >= 15 is 0 Å². The van der Waals surface area contributed by atoms with Crippen molar-refractivity contribution >= 4 is 11.9 Å². The third kappa shape index (κ3) is 2.93. The lowest BCUT2D eigenvalue weighted by atomic mass is 9.76. The van der Waals surface area contributed by atoms with Crippen LogP contribution in [0.15, 0.2) is 48.5 Å². The smallest absolute Gasteiger partial charge is 0.319 e. The van der Waals surface area contributed by atoms with Gasteiger partial charge in [-0.15, -0.1) is 0 Å². The molecule has 140 valence electrons. The molecule has 0 radical (unpaired) electrons. The van der Waals surface area contributed by atoms with E-state index in [9.17, 15) is 9.59 Å². The molecule has 1 atom stereocenters. The molecule has 3 amide bonds. The van der Waals surface area contributed by atoms with Gasteiger partial charge in [0.2, 0.25) is 0 Å². The topological polar surface area (TPSA) is 49.4 Å². The number of benzene rings is 2. The molecule has 1 aliphatic heterocycles. The van der Waals surface area contributed by atoms with Crippen LogP contribution in [0.5, 0.6) is 0 Å². The van der Waals surface area contributed by atoms with Crippen molar-refractivity contribution < 1.29 is 9.59 Å². The number of hydrogen-bond acceptors (Lipinski definition) is 2. The van der Waals surface area contributed by atoms with E-state index in [-0.39, 0.29) is 17.4 Å². The summed E-state index contributed by atoms with van der Waals surface area (Å²) in [5, 5.41) is 3.02. The third-order valence-corrected chi connectivity index (χ3v) is 5.81. The second-order valence-electron chi connectivity index (χ2n) is 8.68. The maximum atomic E-state index is 13.3. The molecule has 4 nitrogen and oxygen atoms in total. The number of carbonyl (C=O) groups excluding carboxylic acids is 2. The summed E-state index contributed by atoms with van der Waals surface area (Å²) in [7, 11) is 0. The Morgan fingerprint density at radius 2 is 1.74 bits per heavy atom. The summed E-state index contributed by atoms with van der Waals surface area (Å²) in [5.41, 5.74) is 3.51. The SMILES string of the molecule is CC(C)(C)c1ccc(CN2C(=O)NC3(CCCc4ccccc43)C2=O)cc1. The molecule has 4 rings (SSSR count). The summed E-state index contributed by atoms with van der Waals surface area (Å²) in [6.07, 6.45) is 2.51. The zero-order valence-corrected chi connectivity index (χ0v) is 16.2. The number of amides is 3. The van der Waals surface area contributed by atoms with Crippen molar-refractivity contribution in [3.05, 3.63) is 70.8 Å². The highest BCUT2D eigenvalue weighted by Gasteiger charge is 2.53. The monoisotopic (exact) mass is 362 g/mol. The molecule has 0 saturated carbocycles. The number of aryl methyl sites for hydroxylation is 1. The summed E-state index contributed by atoms with van der Waals surface area (Å²) >= 11 is 0. The minimum absolute atomic E-state index is 0.0786. The maximum absolute atomic E-state index is 13.3. The number of hydrogen-bond donors (Lipinski definition) is 1. The number of nitrogens with one attached hydrogen (secondary N) is 1. The van der Waals surface area contributed by atoms with E-state index in [1.54, 1.807) is 0 Å². The van der Waals surface area contributed by atoms with Crippen LogP contribution in [0.25, 0.3) is 0 Å². The fourth-order valence-electron chi connectivity index (χ4n) is 4.25. The molecule has 2 aromatic carbocycles. The van der Waals surface area contributed by atoms with Crippen molar-refractivity contribution in [1.82, 2.24) is 10.2 Å². The molecule has 1 saturated heterocycles. The van der Waals surface area contributed by atoms with Gasteiger partial charge in [-0.05, 0) is 46.9 Å². The van der Waals surface area contributed by atoms with Gasteiger partial charge in [0.15, 0.2) is 0 Å². The summed E-state index contributed by atoms with van der Waals surface area (Å²) in [6.45, 7) is 6.82. The summed E-state index contributed by atoms with van der Waals surface area (Å²) in [6, 6.07) is 15.9. The number of imide groups is 1. The molecule has 1 fully saturated rings. The Bertz CT molecular complexity index is 895. The van der Waals surface area contributed by atoms with Crippen LogP contribution in [0.4, 0.5) is 4.79 Å². The van der Waals surface area contributed by atoms with E-state index in [0.717, 1.165) is 29.5 Å². The van der Waals surface area contributed by atoms with Gasteiger partial charge in [-0.2, -0.15) is 0 Å². The Kier molecular flexibility index (Phi) is 4.10. The van der Waals surface area contributed by atoms with Crippen molar-refractivity contribution in [2.24, 2.45) is 0 Å². The van der Waals surface area contributed by atoms with E-state index in [1.165, 1.54) is 10.5 Å². The van der Waals surface area contributed by atoms with Gasteiger partial charge in [-0.25, -0.2) is 4.79 Å². The van der Waals surface area contributed by atoms with Crippen LogP contribution in [-0.2, 0) is 28.7 Å². The van der Waals surface area contributed by atoms with Crippen molar-refractivity contribution in [3.8, 4) is 0 Å². The Labute approximate surface area is 160 Å². The quantitative estimate of drug-likeness (QED) is 0.811. The molecule has 4 heteroatoms. The lowest BCUT2D eigenvalue weighted by molar-refractivity contribution is -0.132. The average molecular weight is 362 g/mol. The normalized spacial score (nSPS) is 22.1. The van der Waals surface area contributed by atoms with E-state index in [2.05, 4.69) is 44.3 Å².